The first-order valence-corrected chi connectivity index (χ1v) is 7.80. The molecule has 2 rings (SSSR count). The van der Waals surface area contributed by atoms with E-state index in [4.69, 9.17) is 4.74 Å². The van der Waals surface area contributed by atoms with Gasteiger partial charge in [0.2, 0.25) is 5.91 Å². The highest BCUT2D eigenvalue weighted by Gasteiger charge is 2.32. The monoisotopic (exact) mass is 291 g/mol. The Kier molecular flexibility index (Phi) is 6.63. The van der Waals surface area contributed by atoms with Gasteiger partial charge in [-0.2, -0.15) is 0 Å². The first-order valence-electron chi connectivity index (χ1n) is 7.80. The Morgan fingerprint density at radius 2 is 2.38 bits per heavy atom. The molecule has 1 saturated heterocycles. The Morgan fingerprint density at radius 3 is 3.14 bits per heavy atom. The Morgan fingerprint density at radius 1 is 1.48 bits per heavy atom. The topological polar surface area (TPSA) is 63.2 Å². The molecule has 0 spiro atoms. The summed E-state index contributed by atoms with van der Waals surface area (Å²) in [6, 6.07) is 3.98. The maximum atomic E-state index is 12.0. The molecule has 1 fully saturated rings. The summed E-state index contributed by atoms with van der Waals surface area (Å²) < 4.78 is 5.55. The fourth-order valence-corrected chi connectivity index (χ4v) is 2.64. The van der Waals surface area contributed by atoms with E-state index in [0.717, 1.165) is 32.4 Å². The second-order valence-electron chi connectivity index (χ2n) is 5.40. The van der Waals surface area contributed by atoms with Crippen LogP contribution < -0.4 is 10.6 Å². The second-order valence-corrected chi connectivity index (χ2v) is 5.40. The van der Waals surface area contributed by atoms with Crippen LogP contribution >= 0.6 is 0 Å². The van der Waals surface area contributed by atoms with E-state index in [1.165, 1.54) is 5.56 Å². The van der Waals surface area contributed by atoms with Gasteiger partial charge in [-0.25, -0.2) is 0 Å². The zero-order valence-corrected chi connectivity index (χ0v) is 12.7. The average molecular weight is 291 g/mol. The molecule has 0 aromatic carbocycles. The molecule has 1 aliphatic heterocycles. The Balaban J connectivity index is 1.54. The Hall–Kier alpha value is -1.46. The number of carbonyl (C=O) groups excluding carboxylic acids is 1. The van der Waals surface area contributed by atoms with E-state index in [2.05, 4.69) is 22.5 Å². The van der Waals surface area contributed by atoms with Crippen molar-refractivity contribution < 1.29 is 9.53 Å². The van der Waals surface area contributed by atoms with Crippen LogP contribution in [-0.4, -0.2) is 36.7 Å². The molecular formula is C16H25N3O2. The van der Waals surface area contributed by atoms with Gasteiger partial charge in [0.25, 0.3) is 0 Å². The number of hydrogen-bond donors (Lipinski definition) is 2. The van der Waals surface area contributed by atoms with Crippen LogP contribution in [0.3, 0.4) is 0 Å². The minimum atomic E-state index is 0.0401. The van der Waals surface area contributed by atoms with Gasteiger partial charge in [-0.05, 0) is 37.4 Å². The van der Waals surface area contributed by atoms with Crippen LogP contribution in [0.25, 0.3) is 0 Å². The molecule has 2 unspecified atom stereocenters. The van der Waals surface area contributed by atoms with Crippen molar-refractivity contribution in [1.29, 1.82) is 0 Å². The molecule has 21 heavy (non-hydrogen) atoms. The third-order valence-electron chi connectivity index (χ3n) is 3.83. The maximum Gasteiger partial charge on any atom is 0.225 e. The molecule has 5 heteroatoms. The van der Waals surface area contributed by atoms with Gasteiger partial charge in [-0.15, -0.1) is 0 Å². The summed E-state index contributed by atoms with van der Waals surface area (Å²) in [5.74, 6) is 0.185. The number of nitrogens with zero attached hydrogens (tertiary/aromatic N) is 1. The van der Waals surface area contributed by atoms with E-state index < -0.39 is 0 Å². The van der Waals surface area contributed by atoms with Crippen molar-refractivity contribution in [3.63, 3.8) is 0 Å². The molecule has 0 bridgehead atoms. The molecule has 1 aromatic rings. The first kappa shape index (κ1) is 15.9. The maximum absolute atomic E-state index is 12.0. The quantitative estimate of drug-likeness (QED) is 0.712. The van der Waals surface area contributed by atoms with Gasteiger partial charge in [-0.3, -0.25) is 9.78 Å². The molecule has 2 atom stereocenters. The van der Waals surface area contributed by atoms with Gasteiger partial charge in [-0.1, -0.05) is 13.0 Å². The van der Waals surface area contributed by atoms with E-state index in [1.54, 1.807) is 6.20 Å². The number of pyridine rings is 1. The van der Waals surface area contributed by atoms with Crippen molar-refractivity contribution in [2.75, 3.05) is 19.7 Å². The van der Waals surface area contributed by atoms with Gasteiger partial charge < -0.3 is 15.4 Å². The minimum Gasteiger partial charge on any atom is -0.377 e. The Bertz CT molecular complexity index is 425. The molecule has 116 valence electrons. The standard InChI is InChI=1S/C16H25N3O2/c1-2-15-14(6-10-21-15)16(20)19-9-4-8-18-12-13-5-3-7-17-11-13/h3,5,7,11,14-15,18H,2,4,6,8-10,12H2,1H3,(H,19,20). The zero-order chi connectivity index (χ0) is 14.9. The van der Waals surface area contributed by atoms with Crippen molar-refractivity contribution in [2.45, 2.75) is 38.8 Å². The normalized spacial score (nSPS) is 21.4. The highest BCUT2D eigenvalue weighted by molar-refractivity contribution is 5.79. The Labute approximate surface area is 126 Å². The van der Waals surface area contributed by atoms with Crippen LogP contribution in [-0.2, 0) is 16.1 Å². The number of nitrogens with one attached hydrogen (secondary N) is 2. The SMILES string of the molecule is CCC1OCCC1C(=O)NCCCNCc1cccnc1. The minimum absolute atomic E-state index is 0.0401. The molecule has 1 aromatic heterocycles. The zero-order valence-electron chi connectivity index (χ0n) is 12.7. The molecule has 2 N–H and O–H groups in total. The summed E-state index contributed by atoms with van der Waals surface area (Å²) in [5.41, 5.74) is 1.18. The van der Waals surface area contributed by atoms with Crippen molar-refractivity contribution in [2.24, 2.45) is 5.92 Å². The molecular weight excluding hydrogens is 266 g/mol. The number of amides is 1. The third kappa shape index (κ3) is 5.10. The predicted octanol–water partition coefficient (Wildman–Crippen LogP) is 1.49. The second kappa shape index (κ2) is 8.74. The highest BCUT2D eigenvalue weighted by atomic mass is 16.5. The molecule has 2 heterocycles. The molecule has 0 aliphatic carbocycles. The summed E-state index contributed by atoms with van der Waals surface area (Å²) in [5, 5.41) is 6.37. The molecule has 0 radical (unpaired) electrons. The predicted molar refractivity (Wildman–Crippen MR) is 81.7 cm³/mol. The van der Waals surface area contributed by atoms with Crippen molar-refractivity contribution in [1.82, 2.24) is 15.6 Å². The van der Waals surface area contributed by atoms with E-state index in [0.29, 0.717) is 13.2 Å². The van der Waals surface area contributed by atoms with Gasteiger partial charge >= 0.3 is 0 Å². The van der Waals surface area contributed by atoms with Crippen LogP contribution in [0.5, 0.6) is 0 Å². The number of carbonyl (C=O) groups is 1. The molecule has 0 saturated carbocycles. The molecule has 1 aliphatic rings. The average Bonchev–Trinajstić information content (AvgIpc) is 3.00. The fourth-order valence-electron chi connectivity index (χ4n) is 2.64. The number of rotatable bonds is 8. The lowest BCUT2D eigenvalue weighted by Crippen LogP contribution is -2.36. The third-order valence-corrected chi connectivity index (χ3v) is 3.83. The van der Waals surface area contributed by atoms with Crippen molar-refractivity contribution >= 4 is 5.91 Å². The van der Waals surface area contributed by atoms with Crippen LogP contribution in [0.15, 0.2) is 24.5 Å². The van der Waals surface area contributed by atoms with Crippen molar-refractivity contribution in [3.8, 4) is 0 Å². The molecule has 5 nitrogen and oxygen atoms in total. The van der Waals surface area contributed by atoms with Gasteiger partial charge in [0.15, 0.2) is 0 Å². The van der Waals surface area contributed by atoms with Crippen LogP contribution in [0.1, 0.15) is 31.7 Å². The fraction of sp³-hybridized carbons (Fsp3) is 0.625. The highest BCUT2D eigenvalue weighted by Crippen LogP contribution is 2.23. The number of hydrogen-bond acceptors (Lipinski definition) is 4. The van der Waals surface area contributed by atoms with E-state index in [-0.39, 0.29) is 17.9 Å². The van der Waals surface area contributed by atoms with E-state index in [9.17, 15) is 4.79 Å². The lowest BCUT2D eigenvalue weighted by molar-refractivity contribution is -0.126. The summed E-state index contributed by atoms with van der Waals surface area (Å²) >= 11 is 0. The lowest BCUT2D eigenvalue weighted by Gasteiger charge is -2.16. The van der Waals surface area contributed by atoms with Crippen LogP contribution in [0.4, 0.5) is 0 Å². The van der Waals surface area contributed by atoms with Gasteiger partial charge in [0.05, 0.1) is 12.0 Å². The van der Waals surface area contributed by atoms with E-state index >= 15 is 0 Å². The summed E-state index contributed by atoms with van der Waals surface area (Å²) in [4.78, 5) is 16.1. The smallest absolute Gasteiger partial charge is 0.225 e. The van der Waals surface area contributed by atoms with Gasteiger partial charge in [0, 0.05) is 32.1 Å². The first-order chi connectivity index (χ1) is 10.3. The van der Waals surface area contributed by atoms with Gasteiger partial charge in [0.1, 0.15) is 0 Å². The summed E-state index contributed by atoms with van der Waals surface area (Å²) in [6.45, 7) is 5.19. The largest absolute Gasteiger partial charge is 0.377 e. The number of ether oxygens (including phenoxy) is 1. The summed E-state index contributed by atoms with van der Waals surface area (Å²) in [7, 11) is 0. The number of aromatic nitrogens is 1. The summed E-state index contributed by atoms with van der Waals surface area (Å²) in [6.07, 6.45) is 6.42. The lowest BCUT2D eigenvalue weighted by atomic mass is 9.99. The van der Waals surface area contributed by atoms with Crippen LogP contribution in [0, 0.1) is 5.92 Å². The van der Waals surface area contributed by atoms with Crippen LogP contribution in [0.2, 0.25) is 0 Å². The van der Waals surface area contributed by atoms with E-state index in [1.807, 2.05) is 18.3 Å². The molecule has 1 amide bonds. The van der Waals surface area contributed by atoms with Crippen molar-refractivity contribution in [3.05, 3.63) is 30.1 Å².